The SMILES string of the molecule is CCNC(=O)[C@H]1O[C@@H](n2cnc3c(NC4CCC(Nc5nc(Cl)nc(NC6CCC(Nc7nc(NCCc8cn(C)cn8)nc8c7ncn8[C@@H]7O[C@H](C(=O)NCC)[C@@H](O)[C@H]7O)CC6)n5)CC4)nc(NCCc4cn(C)cn4)nc32)[C@H](O)[C@@H]1O. The normalized spacial score (nSPS) is 26.3. The van der Waals surface area contributed by atoms with Gasteiger partial charge in [-0.15, -0.1) is 0 Å². The average Bonchev–Trinajstić information content (AvgIpc) is 3.59. The zero-order chi connectivity index (χ0) is 57.9. The lowest BCUT2D eigenvalue weighted by Crippen LogP contribution is -2.42. The van der Waals surface area contributed by atoms with Gasteiger partial charge in [0.05, 0.1) is 36.7 Å². The molecule has 2 amide bonds. The van der Waals surface area contributed by atoms with Crippen molar-refractivity contribution in [1.29, 1.82) is 0 Å². The first-order valence-corrected chi connectivity index (χ1v) is 28.5. The van der Waals surface area contributed by atoms with E-state index in [1.165, 1.54) is 21.8 Å². The van der Waals surface area contributed by atoms with Crippen LogP contribution in [0.15, 0.2) is 37.7 Å². The largest absolute Gasteiger partial charge is 0.387 e. The molecule has 7 aromatic rings. The van der Waals surface area contributed by atoms with Gasteiger partial charge in [-0.1, -0.05) is 0 Å². The number of aliphatic hydroxyl groups is 4. The first kappa shape index (κ1) is 57.2. The van der Waals surface area contributed by atoms with E-state index in [0.29, 0.717) is 96.8 Å². The number of ether oxygens (including phenoxy) is 2. The van der Waals surface area contributed by atoms with Crippen LogP contribution in [0.25, 0.3) is 22.3 Å². The highest BCUT2D eigenvalue weighted by Crippen LogP contribution is 2.37. The Bertz CT molecular complexity index is 3160. The van der Waals surface area contributed by atoms with Crippen LogP contribution in [-0.4, -0.2) is 192 Å². The van der Waals surface area contributed by atoms with Crippen molar-refractivity contribution in [2.45, 2.75) is 151 Å². The van der Waals surface area contributed by atoms with Gasteiger partial charge in [0, 0.05) is 89.7 Å². The van der Waals surface area contributed by atoms with E-state index in [0.717, 1.165) is 62.8 Å². The number of rotatable bonds is 22. The topological polar surface area (TPSA) is 391 Å². The number of halogens is 1. The molecule has 11 rings (SSSR count). The molecule has 32 heteroatoms. The number of hydrogen-bond donors (Lipinski definition) is 12. The smallest absolute Gasteiger partial charge is 0.252 e. The van der Waals surface area contributed by atoms with Crippen molar-refractivity contribution in [3.05, 3.63) is 54.4 Å². The number of aromatic nitrogens is 15. The lowest BCUT2D eigenvalue weighted by Gasteiger charge is -2.31. The quantitative estimate of drug-likeness (QED) is 0.0446. The van der Waals surface area contributed by atoms with E-state index in [-0.39, 0.29) is 29.5 Å². The van der Waals surface area contributed by atoms with Crippen LogP contribution in [0.1, 0.15) is 89.1 Å². The molecule has 31 nitrogen and oxygen atoms in total. The van der Waals surface area contributed by atoms with Crippen LogP contribution in [0.2, 0.25) is 5.28 Å². The van der Waals surface area contributed by atoms with E-state index >= 15 is 0 Å². The van der Waals surface area contributed by atoms with Gasteiger partial charge in [0.1, 0.15) is 24.4 Å². The molecule has 9 heterocycles. The number of anilines is 6. The van der Waals surface area contributed by atoms with Gasteiger partial charge in [0.15, 0.2) is 58.6 Å². The monoisotopic (exact) mass is 1170 g/mol. The van der Waals surface area contributed by atoms with E-state index in [1.807, 2.05) is 35.6 Å². The number of likely N-dealkylation sites (N-methyl/N-ethyl adjacent to an activating group) is 2. The van der Waals surface area contributed by atoms with Crippen molar-refractivity contribution in [2.24, 2.45) is 14.1 Å². The van der Waals surface area contributed by atoms with Crippen molar-refractivity contribution < 1.29 is 39.5 Å². The summed E-state index contributed by atoms with van der Waals surface area (Å²) < 4.78 is 18.7. The maximum atomic E-state index is 12.7. The number of fused-ring (bicyclic) bond motifs is 2. The van der Waals surface area contributed by atoms with Crippen molar-refractivity contribution in [2.75, 3.05) is 58.1 Å². The highest BCUT2D eigenvalue weighted by Gasteiger charge is 2.49. The number of nitrogens with one attached hydrogen (secondary N) is 8. The van der Waals surface area contributed by atoms with E-state index in [2.05, 4.69) is 72.4 Å². The Hall–Kier alpha value is -7.68. The molecule has 4 fully saturated rings. The molecule has 2 saturated heterocycles. The zero-order valence-corrected chi connectivity index (χ0v) is 47.1. The number of hydrogen-bond acceptors (Lipinski definition) is 25. The molecule has 8 atom stereocenters. The highest BCUT2D eigenvalue weighted by molar-refractivity contribution is 6.28. The van der Waals surface area contributed by atoms with Crippen LogP contribution in [0.5, 0.6) is 0 Å². The van der Waals surface area contributed by atoms with Gasteiger partial charge in [-0.05, 0) is 76.8 Å². The summed E-state index contributed by atoms with van der Waals surface area (Å²) in [4.78, 5) is 76.4. The Kier molecular flexibility index (Phi) is 17.2. The highest BCUT2D eigenvalue weighted by atomic mass is 35.5. The van der Waals surface area contributed by atoms with Gasteiger partial charge in [-0.25, -0.2) is 19.9 Å². The predicted octanol–water partition coefficient (Wildman–Crippen LogP) is 0.762. The summed E-state index contributed by atoms with van der Waals surface area (Å²) in [6.07, 6.45) is 6.90. The number of imidazole rings is 4. The molecule has 0 bridgehead atoms. The summed E-state index contributed by atoms with van der Waals surface area (Å²) in [6.45, 7) is 5.13. The lowest BCUT2D eigenvalue weighted by molar-refractivity contribution is -0.138. The third-order valence-corrected chi connectivity index (χ3v) is 15.5. The molecule has 2 saturated carbocycles. The fraction of sp³-hybridized carbons (Fsp3) is 0.588. The Labute approximate surface area is 480 Å². The minimum absolute atomic E-state index is 0.00241. The van der Waals surface area contributed by atoms with E-state index in [1.54, 1.807) is 26.5 Å². The van der Waals surface area contributed by atoms with Gasteiger partial charge >= 0.3 is 0 Å². The molecule has 0 spiro atoms. The van der Waals surface area contributed by atoms with E-state index in [9.17, 15) is 30.0 Å². The molecular weight excluding hydrogens is 1100 g/mol. The molecule has 7 aromatic heterocycles. The second kappa shape index (κ2) is 25.0. The Morgan fingerprint density at radius 2 is 0.928 bits per heavy atom. The van der Waals surface area contributed by atoms with Crippen LogP contribution in [0.4, 0.5) is 35.4 Å². The second-order valence-corrected chi connectivity index (χ2v) is 21.8. The molecule has 83 heavy (non-hydrogen) atoms. The van der Waals surface area contributed by atoms with Crippen molar-refractivity contribution in [3.63, 3.8) is 0 Å². The first-order valence-electron chi connectivity index (χ1n) is 28.1. The molecule has 4 aliphatic rings. The van der Waals surface area contributed by atoms with Crippen molar-refractivity contribution in [3.8, 4) is 0 Å². The van der Waals surface area contributed by atoms with Crippen molar-refractivity contribution >= 4 is 81.2 Å². The summed E-state index contributed by atoms with van der Waals surface area (Å²) in [5.41, 5.74) is 3.33. The van der Waals surface area contributed by atoms with Crippen molar-refractivity contribution in [1.82, 2.24) is 83.7 Å². The third-order valence-electron chi connectivity index (χ3n) is 15.3. The lowest BCUT2D eigenvalue weighted by atomic mass is 9.91. The van der Waals surface area contributed by atoms with Gasteiger partial charge in [0.25, 0.3) is 11.8 Å². The Morgan fingerprint density at radius 1 is 0.530 bits per heavy atom. The van der Waals surface area contributed by atoms with Gasteiger partial charge < -0.3 is 81.6 Å². The first-order chi connectivity index (χ1) is 40.2. The summed E-state index contributed by atoms with van der Waals surface area (Å²) >= 11 is 6.52. The summed E-state index contributed by atoms with van der Waals surface area (Å²) in [5.74, 6) is 1.23. The minimum atomic E-state index is -1.47. The van der Waals surface area contributed by atoms with Crippen LogP contribution in [-0.2, 0) is 46.0 Å². The van der Waals surface area contributed by atoms with Gasteiger partial charge in [-0.3, -0.25) is 18.7 Å². The second-order valence-electron chi connectivity index (χ2n) is 21.4. The number of carbonyl (C=O) groups is 2. The molecule has 444 valence electrons. The number of nitrogens with zero attached hydrogens (tertiary/aromatic N) is 15. The molecule has 0 radical (unpaired) electrons. The predicted molar refractivity (Wildman–Crippen MR) is 302 cm³/mol. The fourth-order valence-corrected chi connectivity index (χ4v) is 11.3. The number of aryl methyl sites for hydroxylation is 2. The summed E-state index contributed by atoms with van der Waals surface area (Å²) in [6, 6.07) is 0.0649. The Balaban J connectivity index is 0.713. The molecule has 12 N–H and O–H groups in total. The molecule has 2 aliphatic heterocycles. The number of amides is 2. The van der Waals surface area contributed by atoms with Crippen LogP contribution in [0, 0.1) is 0 Å². The maximum absolute atomic E-state index is 12.7. The molecule has 0 unspecified atom stereocenters. The molecule has 2 aliphatic carbocycles. The van der Waals surface area contributed by atoms with E-state index in [4.69, 9.17) is 46.0 Å². The summed E-state index contributed by atoms with van der Waals surface area (Å²) in [7, 11) is 3.82. The standard InChI is InChI=1S/C51H70ClN23O8/c1-5-53-43(80)37-33(76)35(78)45(82-37)74-23-59-31-39(65-48(67-41(31)74)55-17-15-29-19-72(3)21-57-29)61-25-7-11-27(12-8-25)63-50-69-47(52)70-51(71-50)64-28-13-9-26(10-14-28)62-40-32-42(68-49(66-40)56-18-16-30-20-73(4)22-58-30)75(24-60-32)46-36(79)34(77)38(83-46)44(81)54-6-2/h19-28,33-38,45-46,76-79H,5-18H2,1-4H3,(H,53,80)(H,54,81)(H2,55,61,65,67)(H2,56,62,66,68)(H2,63,64,69,70,71)/t25?,26?,27?,28?,33-,34-,35+,36+,37-,38-,45+,46+/m0/s1. The third kappa shape index (κ3) is 12.8. The molecular formula is C51H70ClN23O8. The van der Waals surface area contributed by atoms with Crippen LogP contribution in [0.3, 0.4) is 0 Å². The van der Waals surface area contributed by atoms with Crippen LogP contribution >= 0.6 is 11.6 Å². The van der Waals surface area contributed by atoms with Gasteiger partial charge in [0.2, 0.25) is 29.1 Å². The fourth-order valence-electron chi connectivity index (χ4n) is 11.1. The number of carbonyl (C=O) groups excluding carboxylic acids is 2. The average molecular weight is 1170 g/mol. The zero-order valence-electron chi connectivity index (χ0n) is 46.3. The maximum Gasteiger partial charge on any atom is 0.252 e. The Morgan fingerprint density at radius 3 is 1.30 bits per heavy atom. The number of aliphatic hydroxyl groups excluding tert-OH is 4. The summed E-state index contributed by atoms with van der Waals surface area (Å²) in [5, 5.41) is 70.0. The van der Waals surface area contributed by atoms with Crippen LogP contribution < -0.4 is 42.5 Å². The van der Waals surface area contributed by atoms with E-state index < -0.39 is 60.9 Å². The molecule has 0 aromatic carbocycles. The minimum Gasteiger partial charge on any atom is -0.387 e. The van der Waals surface area contributed by atoms with Gasteiger partial charge in [-0.2, -0.15) is 34.9 Å².